The fourth-order valence-electron chi connectivity index (χ4n) is 2.55. The van der Waals surface area contributed by atoms with E-state index in [9.17, 15) is 9.59 Å². The number of hydrogen-bond acceptors (Lipinski definition) is 4. The summed E-state index contributed by atoms with van der Waals surface area (Å²) in [7, 11) is 0. The van der Waals surface area contributed by atoms with Gasteiger partial charge in [-0.3, -0.25) is 4.79 Å². The third-order valence-electron chi connectivity index (χ3n) is 3.99. The lowest BCUT2D eigenvalue weighted by molar-refractivity contribution is -0.137. The number of carbonyl (C=O) groups is 2. The van der Waals surface area contributed by atoms with Crippen LogP contribution < -0.4 is 15.4 Å². The highest BCUT2D eigenvalue weighted by molar-refractivity contribution is 5.89. The summed E-state index contributed by atoms with van der Waals surface area (Å²) >= 11 is 0. The maximum Gasteiger partial charge on any atom is 0.319 e. The zero-order valence-corrected chi connectivity index (χ0v) is 14.7. The molecule has 0 bridgehead atoms. The second kappa shape index (κ2) is 8.71. The maximum atomic E-state index is 12.0. The number of urea groups is 1. The van der Waals surface area contributed by atoms with Gasteiger partial charge in [0.2, 0.25) is 0 Å². The van der Waals surface area contributed by atoms with E-state index in [1.807, 2.05) is 0 Å². The van der Waals surface area contributed by atoms with Gasteiger partial charge < -0.3 is 25.2 Å². The second-order valence-electron chi connectivity index (χ2n) is 6.83. The van der Waals surface area contributed by atoms with Crippen LogP contribution in [0.15, 0.2) is 24.3 Å². The zero-order chi connectivity index (χ0) is 18.3. The number of carboxylic acids is 1. The summed E-state index contributed by atoms with van der Waals surface area (Å²) in [5, 5.41) is 14.2. The Balaban J connectivity index is 1.77. The molecule has 7 heteroatoms. The van der Waals surface area contributed by atoms with E-state index in [1.165, 1.54) is 0 Å². The quantitative estimate of drug-likeness (QED) is 0.670. The van der Waals surface area contributed by atoms with Crippen molar-refractivity contribution < 1.29 is 24.2 Å². The average molecular weight is 350 g/mol. The average Bonchev–Trinajstić information content (AvgIpc) is 3.05. The molecule has 2 rings (SSSR count). The summed E-state index contributed by atoms with van der Waals surface area (Å²) < 4.78 is 11.2. The van der Waals surface area contributed by atoms with Gasteiger partial charge in [0.25, 0.3) is 0 Å². The van der Waals surface area contributed by atoms with Gasteiger partial charge in [-0.25, -0.2) is 4.79 Å². The monoisotopic (exact) mass is 350 g/mol. The summed E-state index contributed by atoms with van der Waals surface area (Å²) in [5.41, 5.74) is 0.0308. The van der Waals surface area contributed by atoms with Gasteiger partial charge in [-0.2, -0.15) is 0 Å². The molecule has 1 atom stereocenters. The molecule has 0 saturated carbocycles. The predicted molar refractivity (Wildman–Crippen MR) is 94.0 cm³/mol. The van der Waals surface area contributed by atoms with Crippen molar-refractivity contribution in [2.45, 2.75) is 51.2 Å². The van der Waals surface area contributed by atoms with Gasteiger partial charge in [0.05, 0.1) is 6.10 Å². The second-order valence-corrected chi connectivity index (χ2v) is 6.83. The third-order valence-corrected chi connectivity index (χ3v) is 3.99. The number of ether oxygens (including phenoxy) is 2. The molecule has 0 aliphatic carbocycles. The lowest BCUT2D eigenvalue weighted by Crippen LogP contribution is -2.45. The normalized spacial score (nSPS) is 17.1. The highest BCUT2D eigenvalue weighted by Gasteiger charge is 2.21. The highest BCUT2D eigenvalue weighted by Crippen LogP contribution is 2.19. The van der Waals surface area contributed by atoms with Gasteiger partial charge in [0.1, 0.15) is 12.4 Å². The van der Waals surface area contributed by atoms with Crippen molar-refractivity contribution in [1.29, 1.82) is 0 Å². The minimum atomic E-state index is -0.881. The van der Waals surface area contributed by atoms with E-state index in [-0.39, 0.29) is 18.6 Å². The number of carbonyl (C=O) groups excluding carboxylic acids is 1. The number of carboxylic acid groups (broad SMARTS) is 1. The van der Waals surface area contributed by atoms with Crippen LogP contribution in [0.1, 0.15) is 39.5 Å². The number of rotatable bonds is 8. The smallest absolute Gasteiger partial charge is 0.319 e. The summed E-state index contributed by atoms with van der Waals surface area (Å²) in [6.07, 6.45) is 2.62. The van der Waals surface area contributed by atoms with Crippen LogP contribution >= 0.6 is 0 Å². The zero-order valence-electron chi connectivity index (χ0n) is 14.7. The molecule has 1 unspecified atom stereocenters. The molecular weight excluding hydrogens is 324 g/mol. The van der Waals surface area contributed by atoms with Crippen molar-refractivity contribution >= 4 is 17.7 Å². The molecule has 1 fully saturated rings. The van der Waals surface area contributed by atoms with E-state index < -0.39 is 11.5 Å². The first kappa shape index (κ1) is 19.1. The predicted octanol–water partition coefficient (Wildman–Crippen LogP) is 3.01. The van der Waals surface area contributed by atoms with Crippen LogP contribution in [0.3, 0.4) is 0 Å². The molecule has 0 radical (unpaired) electrons. The lowest BCUT2D eigenvalue weighted by Gasteiger charge is -2.25. The number of nitrogens with one attached hydrogen (secondary N) is 2. The molecule has 1 aliphatic heterocycles. The van der Waals surface area contributed by atoms with Gasteiger partial charge >= 0.3 is 12.0 Å². The van der Waals surface area contributed by atoms with Crippen LogP contribution in [0.25, 0.3) is 0 Å². The first-order valence-corrected chi connectivity index (χ1v) is 8.49. The fourth-order valence-corrected chi connectivity index (χ4v) is 2.55. The molecule has 1 aromatic carbocycles. The molecule has 3 N–H and O–H groups in total. The Bertz CT molecular complexity index is 580. The van der Waals surface area contributed by atoms with Gasteiger partial charge in [0, 0.05) is 24.3 Å². The Hall–Kier alpha value is -2.28. The fraction of sp³-hybridized carbons (Fsp3) is 0.556. The van der Waals surface area contributed by atoms with Crippen LogP contribution in [-0.4, -0.2) is 42.0 Å². The van der Waals surface area contributed by atoms with Gasteiger partial charge in [0.15, 0.2) is 0 Å². The molecule has 2 amide bonds. The summed E-state index contributed by atoms with van der Waals surface area (Å²) in [4.78, 5) is 22.7. The van der Waals surface area contributed by atoms with E-state index in [0.29, 0.717) is 18.7 Å². The molecular formula is C18H26N2O5. The molecule has 25 heavy (non-hydrogen) atoms. The van der Waals surface area contributed by atoms with E-state index in [0.717, 1.165) is 25.2 Å². The van der Waals surface area contributed by atoms with Gasteiger partial charge in [-0.1, -0.05) is 0 Å². The third kappa shape index (κ3) is 7.01. The Morgan fingerprint density at radius 3 is 2.64 bits per heavy atom. The molecule has 1 saturated heterocycles. The molecule has 0 spiro atoms. The van der Waals surface area contributed by atoms with E-state index >= 15 is 0 Å². The number of anilines is 1. The first-order valence-electron chi connectivity index (χ1n) is 8.49. The van der Waals surface area contributed by atoms with Crippen molar-refractivity contribution in [3.8, 4) is 5.75 Å². The molecule has 1 aliphatic rings. The Kier molecular flexibility index (Phi) is 6.64. The van der Waals surface area contributed by atoms with Crippen molar-refractivity contribution in [3.63, 3.8) is 0 Å². The van der Waals surface area contributed by atoms with Gasteiger partial charge in [-0.05, 0) is 57.4 Å². The van der Waals surface area contributed by atoms with Crippen LogP contribution in [0, 0.1) is 0 Å². The number of benzene rings is 1. The van der Waals surface area contributed by atoms with Crippen LogP contribution in [0.4, 0.5) is 10.5 Å². The number of aliphatic carboxylic acids is 1. The number of amides is 2. The minimum absolute atomic E-state index is 0.00399. The largest absolute Gasteiger partial charge is 0.491 e. The topological polar surface area (TPSA) is 96.9 Å². The van der Waals surface area contributed by atoms with E-state index in [2.05, 4.69) is 10.6 Å². The summed E-state index contributed by atoms with van der Waals surface area (Å²) in [6.45, 7) is 4.91. The molecule has 1 heterocycles. The van der Waals surface area contributed by atoms with Crippen molar-refractivity contribution in [2.24, 2.45) is 0 Å². The Labute approximate surface area is 147 Å². The van der Waals surface area contributed by atoms with E-state index in [4.69, 9.17) is 14.6 Å². The Morgan fingerprint density at radius 2 is 2.04 bits per heavy atom. The van der Waals surface area contributed by atoms with Crippen molar-refractivity contribution in [1.82, 2.24) is 5.32 Å². The maximum absolute atomic E-state index is 12.0. The van der Waals surface area contributed by atoms with Crippen LogP contribution in [0.5, 0.6) is 5.75 Å². The minimum Gasteiger partial charge on any atom is -0.491 e. The van der Waals surface area contributed by atoms with Crippen LogP contribution in [0.2, 0.25) is 0 Å². The van der Waals surface area contributed by atoms with Crippen molar-refractivity contribution in [3.05, 3.63) is 24.3 Å². The van der Waals surface area contributed by atoms with Crippen LogP contribution in [-0.2, 0) is 9.53 Å². The van der Waals surface area contributed by atoms with E-state index in [1.54, 1.807) is 38.1 Å². The molecule has 138 valence electrons. The summed E-state index contributed by atoms with van der Waals surface area (Å²) in [5.74, 6) is -0.155. The highest BCUT2D eigenvalue weighted by atomic mass is 16.5. The molecule has 1 aromatic rings. The molecule has 0 aromatic heterocycles. The Morgan fingerprint density at radius 1 is 1.32 bits per heavy atom. The van der Waals surface area contributed by atoms with Gasteiger partial charge in [-0.15, -0.1) is 0 Å². The standard InChI is InChI=1S/C18H26N2O5/c1-18(2,10-9-16(21)22)20-17(23)19-13-5-7-14(8-6-13)25-12-15-4-3-11-24-15/h5-8,15H,3-4,9-12H2,1-2H3,(H,21,22)(H2,19,20,23). The van der Waals surface area contributed by atoms with Crippen molar-refractivity contribution in [2.75, 3.05) is 18.5 Å². The lowest BCUT2D eigenvalue weighted by atomic mass is 9.99. The first-order chi connectivity index (χ1) is 11.8. The summed E-state index contributed by atoms with van der Waals surface area (Å²) in [6, 6.07) is 6.73. The molecule has 7 nitrogen and oxygen atoms in total. The SMILES string of the molecule is CC(C)(CCC(=O)O)NC(=O)Nc1ccc(OCC2CCCO2)cc1. The number of hydrogen-bond donors (Lipinski definition) is 3.